The molecule has 8 nitrogen and oxygen atoms in total. The highest BCUT2D eigenvalue weighted by atomic mass is 16.5. The average Bonchev–Trinajstić information content (AvgIpc) is 3.30. The fourth-order valence-electron chi connectivity index (χ4n) is 4.59. The van der Waals surface area contributed by atoms with Crippen LogP contribution in [0.2, 0.25) is 0 Å². The number of hydrogen-bond donors (Lipinski definition) is 1. The van der Waals surface area contributed by atoms with Gasteiger partial charge >= 0.3 is 0 Å². The normalized spacial score (nSPS) is 11.0. The molecule has 4 aromatic rings. The molecule has 0 aliphatic carbocycles. The van der Waals surface area contributed by atoms with Gasteiger partial charge in [-0.15, -0.1) is 0 Å². The quantitative estimate of drug-likeness (QED) is 0.266. The summed E-state index contributed by atoms with van der Waals surface area (Å²) < 4.78 is 12.6. The Bertz CT molecular complexity index is 1410. The number of benzene rings is 3. The van der Waals surface area contributed by atoms with E-state index >= 15 is 0 Å². The van der Waals surface area contributed by atoms with Gasteiger partial charge in [0.25, 0.3) is 5.91 Å². The van der Waals surface area contributed by atoms with Crippen LogP contribution in [0, 0.1) is 0 Å². The lowest BCUT2D eigenvalue weighted by molar-refractivity contribution is -0.134. The van der Waals surface area contributed by atoms with E-state index in [9.17, 15) is 9.59 Å². The topological polar surface area (TPSA) is 85.7 Å². The standard InChI is InChI=1S/C31H36N4O4/c1-22(2)34(20-23-11-6-5-7-12-23)30(36)21-35-26-14-9-8-13-25(26)33-29(35)15-10-18-32-31(37)24-16-17-27(38-3)28(19-24)39-4/h5-9,11-14,16-17,19,22H,10,15,18,20-21H2,1-4H3,(H,32,37). The molecule has 4 rings (SSSR count). The number of aryl methyl sites for hydroxylation is 1. The zero-order chi connectivity index (χ0) is 27.8. The van der Waals surface area contributed by atoms with Crippen molar-refractivity contribution < 1.29 is 19.1 Å². The predicted molar refractivity (Wildman–Crippen MR) is 152 cm³/mol. The van der Waals surface area contributed by atoms with Crippen molar-refractivity contribution in [1.82, 2.24) is 19.8 Å². The minimum Gasteiger partial charge on any atom is -0.493 e. The SMILES string of the molecule is COc1ccc(C(=O)NCCCc2nc3ccccc3n2CC(=O)N(Cc2ccccc2)C(C)C)cc1OC. The number of nitrogens with one attached hydrogen (secondary N) is 1. The minimum atomic E-state index is -0.187. The molecule has 0 fully saturated rings. The van der Waals surface area contributed by atoms with Crippen molar-refractivity contribution in [2.75, 3.05) is 20.8 Å². The zero-order valence-electron chi connectivity index (χ0n) is 23.0. The van der Waals surface area contributed by atoms with E-state index in [0.717, 1.165) is 22.4 Å². The first-order valence-electron chi connectivity index (χ1n) is 13.2. The van der Waals surface area contributed by atoms with E-state index in [-0.39, 0.29) is 24.4 Å². The van der Waals surface area contributed by atoms with Gasteiger partial charge in [0.15, 0.2) is 11.5 Å². The van der Waals surface area contributed by atoms with E-state index in [4.69, 9.17) is 14.5 Å². The largest absolute Gasteiger partial charge is 0.493 e. The van der Waals surface area contributed by atoms with Crippen LogP contribution in [-0.4, -0.2) is 53.1 Å². The van der Waals surface area contributed by atoms with E-state index in [1.165, 1.54) is 0 Å². The molecule has 1 heterocycles. The van der Waals surface area contributed by atoms with Gasteiger partial charge in [0.1, 0.15) is 12.4 Å². The first-order chi connectivity index (χ1) is 18.9. The van der Waals surface area contributed by atoms with Crippen LogP contribution < -0.4 is 14.8 Å². The molecule has 0 saturated heterocycles. The Morgan fingerprint density at radius 3 is 2.38 bits per heavy atom. The summed E-state index contributed by atoms with van der Waals surface area (Å²) in [7, 11) is 3.10. The lowest BCUT2D eigenvalue weighted by Gasteiger charge is -2.27. The Labute approximate surface area is 229 Å². The number of imidazole rings is 1. The van der Waals surface area contributed by atoms with Gasteiger partial charge in [0.05, 0.1) is 25.3 Å². The lowest BCUT2D eigenvalue weighted by Crippen LogP contribution is -2.38. The molecule has 0 aliphatic rings. The highest BCUT2D eigenvalue weighted by molar-refractivity contribution is 5.94. The van der Waals surface area contributed by atoms with E-state index in [2.05, 4.69) is 5.32 Å². The highest BCUT2D eigenvalue weighted by Crippen LogP contribution is 2.27. The predicted octanol–water partition coefficient (Wildman–Crippen LogP) is 4.85. The van der Waals surface area contributed by atoms with Crippen LogP contribution in [0.15, 0.2) is 72.8 Å². The Morgan fingerprint density at radius 1 is 0.949 bits per heavy atom. The maximum absolute atomic E-state index is 13.5. The molecular weight excluding hydrogens is 492 g/mol. The molecule has 0 atom stereocenters. The molecule has 39 heavy (non-hydrogen) atoms. The van der Waals surface area contributed by atoms with Crippen LogP contribution in [-0.2, 0) is 24.3 Å². The van der Waals surface area contributed by atoms with Crippen LogP contribution in [0.5, 0.6) is 11.5 Å². The summed E-state index contributed by atoms with van der Waals surface area (Å²) in [6, 6.07) is 23.0. The van der Waals surface area contributed by atoms with Crippen molar-refractivity contribution in [3.8, 4) is 11.5 Å². The Morgan fingerprint density at radius 2 is 1.67 bits per heavy atom. The lowest BCUT2D eigenvalue weighted by atomic mass is 10.2. The second-order valence-electron chi connectivity index (χ2n) is 9.63. The molecule has 1 N–H and O–H groups in total. The Hall–Kier alpha value is -4.33. The van der Waals surface area contributed by atoms with Gasteiger partial charge in [-0.1, -0.05) is 42.5 Å². The van der Waals surface area contributed by atoms with E-state index in [0.29, 0.717) is 43.0 Å². The molecule has 8 heteroatoms. The maximum atomic E-state index is 13.5. The van der Waals surface area contributed by atoms with Crippen molar-refractivity contribution >= 4 is 22.8 Å². The van der Waals surface area contributed by atoms with E-state index < -0.39 is 0 Å². The van der Waals surface area contributed by atoms with Gasteiger partial charge in [0, 0.05) is 31.1 Å². The van der Waals surface area contributed by atoms with Gasteiger partial charge in [-0.2, -0.15) is 0 Å². The summed E-state index contributed by atoms with van der Waals surface area (Å²) in [6.45, 7) is 5.31. The molecule has 0 aliphatic heterocycles. The molecule has 0 saturated carbocycles. The molecule has 204 valence electrons. The molecular formula is C31H36N4O4. The molecule has 2 amide bonds. The number of carbonyl (C=O) groups is 2. The number of amides is 2. The third kappa shape index (κ3) is 6.76. The number of fused-ring (bicyclic) bond motifs is 1. The van der Waals surface area contributed by atoms with Gasteiger partial charge in [-0.3, -0.25) is 9.59 Å². The number of aromatic nitrogens is 2. The number of methoxy groups -OCH3 is 2. The van der Waals surface area contributed by atoms with Gasteiger partial charge < -0.3 is 24.3 Å². The Balaban J connectivity index is 1.43. The van der Waals surface area contributed by atoms with Crippen molar-refractivity contribution in [3.05, 3.63) is 89.7 Å². The Kier molecular flexibility index (Phi) is 9.20. The number of rotatable bonds is 12. The van der Waals surface area contributed by atoms with Crippen LogP contribution in [0.1, 0.15) is 42.0 Å². The smallest absolute Gasteiger partial charge is 0.251 e. The van der Waals surface area contributed by atoms with Crippen LogP contribution >= 0.6 is 0 Å². The maximum Gasteiger partial charge on any atom is 0.251 e. The first kappa shape index (κ1) is 27.7. The van der Waals surface area contributed by atoms with E-state index in [1.807, 2.05) is 77.9 Å². The summed E-state index contributed by atoms with van der Waals surface area (Å²) in [6.07, 6.45) is 1.29. The first-order valence-corrected chi connectivity index (χ1v) is 13.2. The third-order valence-electron chi connectivity index (χ3n) is 6.67. The summed E-state index contributed by atoms with van der Waals surface area (Å²) in [5.41, 5.74) is 3.38. The molecule has 0 bridgehead atoms. The van der Waals surface area contributed by atoms with Gasteiger partial charge in [0.2, 0.25) is 5.91 Å². The van der Waals surface area contributed by atoms with Gasteiger partial charge in [-0.05, 0) is 56.2 Å². The minimum absolute atomic E-state index is 0.0417. The summed E-state index contributed by atoms with van der Waals surface area (Å²) >= 11 is 0. The fraction of sp³-hybridized carbons (Fsp3) is 0.323. The van der Waals surface area contributed by atoms with Crippen LogP contribution in [0.25, 0.3) is 11.0 Å². The number of nitrogens with zero attached hydrogens (tertiary/aromatic N) is 3. The summed E-state index contributed by atoms with van der Waals surface area (Å²) in [4.78, 5) is 32.9. The van der Waals surface area contributed by atoms with E-state index in [1.54, 1.807) is 32.4 Å². The van der Waals surface area contributed by atoms with Crippen molar-refractivity contribution in [2.45, 2.75) is 45.8 Å². The fourth-order valence-corrected chi connectivity index (χ4v) is 4.59. The second-order valence-corrected chi connectivity index (χ2v) is 9.63. The second kappa shape index (κ2) is 13.0. The number of carbonyl (C=O) groups excluding carboxylic acids is 2. The number of hydrogen-bond acceptors (Lipinski definition) is 5. The monoisotopic (exact) mass is 528 g/mol. The van der Waals surface area contributed by atoms with Crippen LogP contribution in [0.3, 0.4) is 0 Å². The van der Waals surface area contributed by atoms with Gasteiger partial charge in [-0.25, -0.2) is 4.98 Å². The van der Waals surface area contributed by atoms with Crippen molar-refractivity contribution in [2.24, 2.45) is 0 Å². The molecule has 3 aromatic carbocycles. The molecule has 0 radical (unpaired) electrons. The zero-order valence-corrected chi connectivity index (χ0v) is 23.0. The number of para-hydroxylation sites is 2. The summed E-state index contributed by atoms with van der Waals surface area (Å²) in [5, 5.41) is 2.96. The highest BCUT2D eigenvalue weighted by Gasteiger charge is 2.21. The van der Waals surface area contributed by atoms with Crippen molar-refractivity contribution in [1.29, 1.82) is 0 Å². The molecule has 1 aromatic heterocycles. The summed E-state index contributed by atoms with van der Waals surface area (Å²) in [5.74, 6) is 1.76. The number of ether oxygens (including phenoxy) is 2. The van der Waals surface area contributed by atoms with Crippen molar-refractivity contribution in [3.63, 3.8) is 0 Å². The molecule has 0 spiro atoms. The molecule has 0 unspecified atom stereocenters. The average molecular weight is 529 g/mol. The van der Waals surface area contributed by atoms with Crippen LogP contribution in [0.4, 0.5) is 0 Å². The third-order valence-corrected chi connectivity index (χ3v) is 6.67.